The molecule has 0 unspecified atom stereocenters. The van der Waals surface area contributed by atoms with Crippen molar-refractivity contribution < 1.29 is 28.2 Å². The van der Waals surface area contributed by atoms with Gasteiger partial charge in [0.15, 0.2) is 12.4 Å². The van der Waals surface area contributed by atoms with Crippen LogP contribution in [0, 0.1) is 15.9 Å². The third kappa shape index (κ3) is 7.68. The van der Waals surface area contributed by atoms with E-state index in [0.717, 1.165) is 5.56 Å². The van der Waals surface area contributed by atoms with E-state index in [-0.39, 0.29) is 29.8 Å². The molecule has 206 valence electrons. The fourth-order valence-electron chi connectivity index (χ4n) is 4.05. The van der Waals surface area contributed by atoms with E-state index >= 15 is 4.39 Å². The van der Waals surface area contributed by atoms with Gasteiger partial charge in [-0.1, -0.05) is 17.3 Å². The van der Waals surface area contributed by atoms with Gasteiger partial charge in [0, 0.05) is 45.4 Å². The van der Waals surface area contributed by atoms with Crippen LogP contribution in [0.1, 0.15) is 5.56 Å². The number of nitrogens with zero attached hydrogens (tertiary/aromatic N) is 4. The molecule has 0 saturated carbocycles. The Morgan fingerprint density at radius 3 is 2.72 bits per heavy atom. The minimum absolute atomic E-state index is 0.107. The molecule has 2 heterocycles. The largest absolute Gasteiger partial charge is 0.484 e. The summed E-state index contributed by atoms with van der Waals surface area (Å²) in [5, 5.41) is 17.7. The predicted molar refractivity (Wildman–Crippen MR) is 141 cm³/mol. The number of nitro groups is 1. The van der Waals surface area contributed by atoms with Crippen LogP contribution < -0.4 is 20.4 Å². The van der Waals surface area contributed by atoms with Crippen LogP contribution in [0.4, 0.5) is 21.6 Å². The molecule has 1 aliphatic heterocycles. The molecule has 39 heavy (non-hydrogen) atoms. The summed E-state index contributed by atoms with van der Waals surface area (Å²) in [7, 11) is 1.65. The van der Waals surface area contributed by atoms with Crippen LogP contribution in [0.25, 0.3) is 0 Å². The summed E-state index contributed by atoms with van der Waals surface area (Å²) in [5.41, 5.74) is 3.79. The summed E-state index contributed by atoms with van der Waals surface area (Å²) < 4.78 is 25.2. The van der Waals surface area contributed by atoms with Crippen molar-refractivity contribution in [1.82, 2.24) is 15.5 Å². The number of hydrogen-bond acceptors (Lipinski definition) is 10. The topological polar surface area (TPSA) is 135 Å². The first-order chi connectivity index (χ1) is 18.9. The average molecular weight is 541 g/mol. The average Bonchev–Trinajstić information content (AvgIpc) is 3.47. The lowest BCUT2D eigenvalue weighted by Gasteiger charge is -2.36. The number of benzene rings is 2. The number of nitro benzene ring substituents is 1. The van der Waals surface area contributed by atoms with Gasteiger partial charge in [-0.3, -0.25) is 14.9 Å². The molecule has 0 atom stereocenters. The lowest BCUT2D eigenvalue weighted by atomic mass is 10.1. The van der Waals surface area contributed by atoms with E-state index in [1.165, 1.54) is 30.5 Å². The van der Waals surface area contributed by atoms with Gasteiger partial charge in [-0.2, -0.15) is 5.48 Å². The molecule has 0 aliphatic carbocycles. The Balaban J connectivity index is 1.27. The van der Waals surface area contributed by atoms with E-state index in [1.807, 2.05) is 17.0 Å². The molecule has 3 aromatic rings. The second-order valence-electron chi connectivity index (χ2n) is 8.62. The zero-order valence-electron chi connectivity index (χ0n) is 21.3. The third-order valence-corrected chi connectivity index (χ3v) is 6.06. The number of halogens is 1. The maximum absolute atomic E-state index is 15.0. The number of ether oxygens (including phenoxy) is 1. The Morgan fingerprint density at radius 2 is 2.03 bits per heavy atom. The maximum atomic E-state index is 15.0. The van der Waals surface area contributed by atoms with Crippen LogP contribution in [-0.2, 0) is 16.1 Å². The van der Waals surface area contributed by atoms with Crippen molar-refractivity contribution >= 4 is 23.1 Å². The van der Waals surface area contributed by atoms with Crippen molar-refractivity contribution in [2.75, 3.05) is 56.6 Å². The molecule has 2 aromatic carbocycles. The van der Waals surface area contributed by atoms with E-state index in [2.05, 4.69) is 16.0 Å². The molecule has 1 fully saturated rings. The highest BCUT2D eigenvalue weighted by Gasteiger charge is 2.23. The van der Waals surface area contributed by atoms with E-state index < -0.39 is 4.92 Å². The second-order valence-corrected chi connectivity index (χ2v) is 8.62. The number of nitrogens with one attached hydrogen (secondary N) is 2. The lowest BCUT2D eigenvalue weighted by molar-refractivity contribution is -0.384. The van der Waals surface area contributed by atoms with E-state index in [0.29, 0.717) is 56.4 Å². The van der Waals surface area contributed by atoms with Crippen LogP contribution in [0.5, 0.6) is 5.75 Å². The first-order valence-electron chi connectivity index (χ1n) is 12.3. The molecule has 2 N–H and O–H groups in total. The Morgan fingerprint density at radius 1 is 1.21 bits per heavy atom. The van der Waals surface area contributed by atoms with Gasteiger partial charge in [0.1, 0.15) is 23.6 Å². The molecule has 1 saturated heterocycles. The minimum Gasteiger partial charge on any atom is -0.484 e. The van der Waals surface area contributed by atoms with Crippen molar-refractivity contribution in [3.05, 3.63) is 88.1 Å². The van der Waals surface area contributed by atoms with Gasteiger partial charge in [-0.15, -0.1) is 0 Å². The normalized spacial score (nSPS) is 13.7. The summed E-state index contributed by atoms with van der Waals surface area (Å²) in [4.78, 5) is 31.9. The number of carbonyl (C=O) groups is 1. The number of allylic oxidation sites excluding steroid dienone is 1. The number of piperazine rings is 1. The highest BCUT2D eigenvalue weighted by atomic mass is 19.1. The highest BCUT2D eigenvalue weighted by Crippen LogP contribution is 2.23. The van der Waals surface area contributed by atoms with E-state index in [4.69, 9.17) is 14.1 Å². The zero-order chi connectivity index (χ0) is 27.6. The lowest BCUT2D eigenvalue weighted by Crippen LogP contribution is -2.50. The number of amides is 1. The van der Waals surface area contributed by atoms with Gasteiger partial charge >= 0.3 is 0 Å². The minimum atomic E-state index is -0.522. The van der Waals surface area contributed by atoms with Crippen LogP contribution in [0.3, 0.4) is 0 Å². The Bertz CT molecular complexity index is 1290. The molecular weight excluding hydrogens is 511 g/mol. The summed E-state index contributed by atoms with van der Waals surface area (Å²) in [6.45, 7) is 1.88. The van der Waals surface area contributed by atoms with Crippen LogP contribution >= 0.6 is 0 Å². The fraction of sp³-hybridized carbons (Fsp3) is 0.308. The molecular formula is C26H29FN6O6. The number of carbonyl (C=O) groups excluding carboxylic acids is 1. The van der Waals surface area contributed by atoms with Gasteiger partial charge in [0.25, 0.3) is 11.6 Å². The number of hydroxylamine groups is 1. The number of aromatic nitrogens is 1. The van der Waals surface area contributed by atoms with Crippen molar-refractivity contribution in [1.29, 1.82) is 0 Å². The summed E-state index contributed by atoms with van der Waals surface area (Å²) >= 11 is 0. The van der Waals surface area contributed by atoms with Crippen molar-refractivity contribution in [3.8, 4) is 5.75 Å². The quantitative estimate of drug-likeness (QED) is 0.200. The number of hydrogen-bond donors (Lipinski definition) is 2. The van der Waals surface area contributed by atoms with Crippen LogP contribution in [0.2, 0.25) is 0 Å². The third-order valence-electron chi connectivity index (χ3n) is 6.06. The Kier molecular flexibility index (Phi) is 9.29. The van der Waals surface area contributed by atoms with Crippen molar-refractivity contribution in [2.45, 2.75) is 6.42 Å². The number of non-ortho nitro benzene ring substituents is 1. The summed E-state index contributed by atoms with van der Waals surface area (Å²) in [6, 6.07) is 12.5. The maximum Gasteiger partial charge on any atom is 0.273 e. The monoisotopic (exact) mass is 540 g/mol. The Labute approximate surface area is 224 Å². The van der Waals surface area contributed by atoms with Gasteiger partial charge in [0.2, 0.25) is 0 Å². The fourth-order valence-corrected chi connectivity index (χ4v) is 4.05. The van der Waals surface area contributed by atoms with Gasteiger partial charge < -0.3 is 29.2 Å². The van der Waals surface area contributed by atoms with Crippen molar-refractivity contribution in [3.63, 3.8) is 0 Å². The summed E-state index contributed by atoms with van der Waals surface area (Å²) in [6.07, 6.45) is 3.77. The number of rotatable bonds is 12. The first kappa shape index (κ1) is 27.4. The number of anilines is 2. The molecule has 13 heteroatoms. The molecule has 1 aliphatic rings. The zero-order valence-corrected chi connectivity index (χ0v) is 21.3. The molecule has 12 nitrogen and oxygen atoms in total. The van der Waals surface area contributed by atoms with Crippen LogP contribution in [0.15, 0.2) is 71.2 Å². The van der Waals surface area contributed by atoms with Gasteiger partial charge in [-0.25, -0.2) is 4.39 Å². The standard InChI is InChI=1S/C26H29FN6O6/c1-28-39-22(17-29-25-9-14-38-30-25)7-5-19-6-8-24(23(27)15-19)31-10-12-32(13-11-31)26(34)18-37-21-4-2-3-20(16-21)33(35)36/h2-4,6-9,14-16,28H,5,10-13,17-18H2,1H3,(H,29,30)/b22-7-. The van der Waals surface area contributed by atoms with E-state index in [1.54, 1.807) is 30.1 Å². The molecule has 0 radical (unpaired) electrons. The van der Waals surface area contributed by atoms with Crippen molar-refractivity contribution in [2.24, 2.45) is 0 Å². The first-order valence-corrected chi connectivity index (χ1v) is 12.3. The SMILES string of the molecule is CNO/C(=C\Cc1ccc(N2CCN(C(=O)COc3cccc([N+](=O)[O-])c3)CC2)c(F)c1)CNc1ccon1. The highest BCUT2D eigenvalue weighted by molar-refractivity contribution is 5.78. The molecule has 1 amide bonds. The van der Waals surface area contributed by atoms with Gasteiger partial charge in [-0.05, 0) is 36.3 Å². The molecule has 0 spiro atoms. The Hall–Kier alpha value is -4.65. The molecule has 0 bridgehead atoms. The smallest absolute Gasteiger partial charge is 0.273 e. The van der Waals surface area contributed by atoms with E-state index in [9.17, 15) is 14.9 Å². The molecule has 1 aromatic heterocycles. The predicted octanol–water partition coefficient (Wildman–Crippen LogP) is 3.14. The van der Waals surface area contributed by atoms with Gasteiger partial charge in [0.05, 0.1) is 23.2 Å². The van der Waals surface area contributed by atoms with Crippen LogP contribution in [-0.4, -0.2) is 67.3 Å². The second kappa shape index (κ2) is 13.2. The summed E-state index contributed by atoms with van der Waals surface area (Å²) in [5.74, 6) is 0.866. The molecule has 4 rings (SSSR count).